The van der Waals surface area contributed by atoms with Gasteiger partial charge in [-0.2, -0.15) is 0 Å². The van der Waals surface area contributed by atoms with E-state index in [0.29, 0.717) is 19.1 Å². The maximum atomic E-state index is 12.1. The van der Waals surface area contributed by atoms with E-state index in [9.17, 15) is 4.79 Å². The van der Waals surface area contributed by atoms with Crippen LogP contribution in [0.4, 0.5) is 0 Å². The van der Waals surface area contributed by atoms with Crippen LogP contribution in [0, 0.1) is 18.3 Å². The zero-order valence-corrected chi connectivity index (χ0v) is 14.3. The molecule has 1 N–H and O–H groups in total. The third-order valence-electron chi connectivity index (χ3n) is 5.19. The molecule has 2 fully saturated rings. The lowest BCUT2D eigenvalue weighted by Gasteiger charge is -2.27. The molecule has 132 valence electrons. The third-order valence-corrected chi connectivity index (χ3v) is 5.19. The standard InChI is InChI=1S/C18H22N4O3/c1-13-3-2-4-15(21-13)8-22-7-14-9-24-12-18(14,11-22)10-19-17(23)16-5-6-20-25-16/h2-6,14H,7-12H2,1H3,(H,19,23)/t14-,18+/m1/s1. The number of carbonyl (C=O) groups excluding carboxylic acids is 1. The SMILES string of the molecule is Cc1cccc(CN2C[C@@H]3COC[C@]3(CNC(=O)c3ccno3)C2)n1. The lowest BCUT2D eigenvalue weighted by atomic mass is 9.81. The summed E-state index contributed by atoms with van der Waals surface area (Å²) in [6.45, 7) is 6.70. The molecule has 2 saturated heterocycles. The molecule has 7 nitrogen and oxygen atoms in total. The van der Waals surface area contributed by atoms with Gasteiger partial charge in [0.1, 0.15) is 0 Å². The third kappa shape index (κ3) is 3.29. The second kappa shape index (κ2) is 6.57. The number of hydrogen-bond donors (Lipinski definition) is 1. The van der Waals surface area contributed by atoms with Crippen LogP contribution >= 0.6 is 0 Å². The number of nitrogens with one attached hydrogen (secondary N) is 1. The van der Waals surface area contributed by atoms with E-state index in [1.54, 1.807) is 6.07 Å². The molecule has 1 amide bonds. The number of hydrogen-bond acceptors (Lipinski definition) is 6. The van der Waals surface area contributed by atoms with Gasteiger partial charge in [0, 0.05) is 49.3 Å². The first-order chi connectivity index (χ1) is 12.1. The molecule has 2 aliphatic heterocycles. The Morgan fingerprint density at radius 3 is 3.16 bits per heavy atom. The Labute approximate surface area is 146 Å². The molecule has 25 heavy (non-hydrogen) atoms. The Kier molecular flexibility index (Phi) is 4.27. The predicted molar refractivity (Wildman–Crippen MR) is 89.8 cm³/mol. The summed E-state index contributed by atoms with van der Waals surface area (Å²) in [5.41, 5.74) is 2.08. The number of aromatic nitrogens is 2. The highest BCUT2D eigenvalue weighted by Crippen LogP contribution is 2.41. The van der Waals surface area contributed by atoms with Crippen LogP contribution < -0.4 is 5.32 Å². The molecule has 2 aliphatic rings. The van der Waals surface area contributed by atoms with Crippen LogP contribution in [0.5, 0.6) is 0 Å². The fraction of sp³-hybridized carbons (Fsp3) is 0.500. The van der Waals surface area contributed by atoms with Gasteiger partial charge in [-0.25, -0.2) is 0 Å². The van der Waals surface area contributed by atoms with Crippen molar-refractivity contribution in [3.8, 4) is 0 Å². The summed E-state index contributed by atoms with van der Waals surface area (Å²) in [5.74, 6) is 0.439. The fourth-order valence-electron chi connectivity index (χ4n) is 3.91. The molecule has 2 aromatic rings. The molecule has 0 aromatic carbocycles. The van der Waals surface area contributed by atoms with E-state index in [0.717, 1.165) is 37.6 Å². The van der Waals surface area contributed by atoms with Crippen LogP contribution in [0.2, 0.25) is 0 Å². The molecule has 0 aliphatic carbocycles. The van der Waals surface area contributed by atoms with Crippen molar-refractivity contribution in [2.45, 2.75) is 13.5 Å². The van der Waals surface area contributed by atoms with Gasteiger partial charge in [-0.1, -0.05) is 11.2 Å². The van der Waals surface area contributed by atoms with E-state index in [2.05, 4.69) is 26.4 Å². The molecule has 2 atom stereocenters. The fourth-order valence-corrected chi connectivity index (χ4v) is 3.91. The first-order valence-corrected chi connectivity index (χ1v) is 8.56. The lowest BCUT2D eigenvalue weighted by Crippen LogP contribution is -2.43. The molecule has 4 heterocycles. The topological polar surface area (TPSA) is 80.5 Å². The smallest absolute Gasteiger partial charge is 0.289 e. The second-order valence-electron chi connectivity index (χ2n) is 7.07. The van der Waals surface area contributed by atoms with Gasteiger partial charge < -0.3 is 14.6 Å². The summed E-state index contributed by atoms with van der Waals surface area (Å²) in [6, 6.07) is 7.69. The quantitative estimate of drug-likeness (QED) is 0.881. The van der Waals surface area contributed by atoms with E-state index in [-0.39, 0.29) is 17.1 Å². The van der Waals surface area contributed by atoms with Crippen molar-refractivity contribution in [1.29, 1.82) is 0 Å². The highest BCUT2D eigenvalue weighted by Gasteiger charge is 2.50. The number of ether oxygens (including phenoxy) is 1. The van der Waals surface area contributed by atoms with Gasteiger partial charge in [0.2, 0.25) is 5.76 Å². The largest absolute Gasteiger partial charge is 0.380 e. The molecule has 4 rings (SSSR count). The van der Waals surface area contributed by atoms with Crippen molar-refractivity contribution in [3.05, 3.63) is 47.6 Å². The van der Waals surface area contributed by atoms with Crippen LogP contribution in [-0.2, 0) is 11.3 Å². The van der Waals surface area contributed by atoms with Crippen LogP contribution in [0.3, 0.4) is 0 Å². The molecule has 2 aromatic heterocycles. The van der Waals surface area contributed by atoms with Crippen molar-refractivity contribution >= 4 is 5.91 Å². The summed E-state index contributed by atoms with van der Waals surface area (Å²) in [6.07, 6.45) is 1.47. The summed E-state index contributed by atoms with van der Waals surface area (Å²) in [7, 11) is 0. The van der Waals surface area contributed by atoms with Gasteiger partial charge in [-0.3, -0.25) is 14.7 Å². The first kappa shape index (κ1) is 16.2. The van der Waals surface area contributed by atoms with Crippen molar-refractivity contribution in [2.24, 2.45) is 11.3 Å². The molecular formula is C18H22N4O3. The Hall–Kier alpha value is -2.25. The highest BCUT2D eigenvalue weighted by atomic mass is 16.5. The summed E-state index contributed by atoms with van der Waals surface area (Å²) in [5, 5.41) is 6.57. The van der Waals surface area contributed by atoms with E-state index < -0.39 is 0 Å². The molecule has 7 heteroatoms. The molecule has 0 radical (unpaired) electrons. The highest BCUT2D eigenvalue weighted by molar-refractivity contribution is 5.91. The van der Waals surface area contributed by atoms with Crippen molar-refractivity contribution < 1.29 is 14.1 Å². The summed E-state index contributed by atoms with van der Waals surface area (Å²) in [4.78, 5) is 19.2. The number of carbonyl (C=O) groups is 1. The predicted octanol–water partition coefficient (Wildman–Crippen LogP) is 1.26. The van der Waals surface area contributed by atoms with Gasteiger partial charge in [-0.15, -0.1) is 0 Å². The van der Waals surface area contributed by atoms with Crippen LogP contribution in [0.15, 0.2) is 35.0 Å². The number of rotatable bonds is 5. The minimum absolute atomic E-state index is 0.0422. The average Bonchev–Trinajstić information content (AvgIpc) is 3.28. The molecule has 0 saturated carbocycles. The van der Waals surface area contributed by atoms with Gasteiger partial charge in [0.15, 0.2) is 0 Å². The van der Waals surface area contributed by atoms with Crippen LogP contribution in [-0.4, -0.2) is 53.8 Å². The number of fused-ring (bicyclic) bond motifs is 1. The first-order valence-electron chi connectivity index (χ1n) is 8.56. The number of amides is 1. The number of nitrogens with zero attached hydrogens (tertiary/aromatic N) is 3. The van der Waals surface area contributed by atoms with E-state index in [1.165, 1.54) is 6.20 Å². The second-order valence-corrected chi connectivity index (χ2v) is 7.07. The number of likely N-dealkylation sites (tertiary alicyclic amines) is 1. The van der Waals surface area contributed by atoms with E-state index in [1.807, 2.05) is 19.1 Å². The zero-order chi connectivity index (χ0) is 17.3. The Balaban J connectivity index is 1.41. The van der Waals surface area contributed by atoms with Crippen molar-refractivity contribution in [1.82, 2.24) is 20.4 Å². The molecule has 0 spiro atoms. The normalized spacial score (nSPS) is 25.9. The van der Waals surface area contributed by atoms with Crippen LogP contribution in [0.1, 0.15) is 21.9 Å². The minimum atomic E-state index is -0.226. The van der Waals surface area contributed by atoms with E-state index >= 15 is 0 Å². The Morgan fingerprint density at radius 2 is 2.36 bits per heavy atom. The minimum Gasteiger partial charge on any atom is -0.380 e. The summed E-state index contributed by atoms with van der Waals surface area (Å²) < 4.78 is 10.6. The lowest BCUT2D eigenvalue weighted by molar-refractivity contribution is 0.0869. The molecular weight excluding hydrogens is 320 g/mol. The Morgan fingerprint density at radius 1 is 1.44 bits per heavy atom. The van der Waals surface area contributed by atoms with Crippen molar-refractivity contribution in [2.75, 3.05) is 32.8 Å². The monoisotopic (exact) mass is 342 g/mol. The van der Waals surface area contributed by atoms with Gasteiger partial charge in [0.05, 0.1) is 25.1 Å². The zero-order valence-electron chi connectivity index (χ0n) is 14.3. The average molecular weight is 342 g/mol. The molecule has 0 bridgehead atoms. The van der Waals surface area contributed by atoms with Crippen LogP contribution in [0.25, 0.3) is 0 Å². The van der Waals surface area contributed by atoms with E-state index in [4.69, 9.17) is 9.26 Å². The maximum Gasteiger partial charge on any atom is 0.289 e. The molecule has 0 unspecified atom stereocenters. The van der Waals surface area contributed by atoms with Gasteiger partial charge >= 0.3 is 0 Å². The van der Waals surface area contributed by atoms with Crippen molar-refractivity contribution in [3.63, 3.8) is 0 Å². The summed E-state index contributed by atoms with van der Waals surface area (Å²) >= 11 is 0. The number of aryl methyl sites for hydroxylation is 1. The van der Waals surface area contributed by atoms with Gasteiger partial charge in [0.25, 0.3) is 5.91 Å². The van der Waals surface area contributed by atoms with Gasteiger partial charge in [-0.05, 0) is 19.1 Å². The maximum absolute atomic E-state index is 12.1. The Bertz CT molecular complexity index is 749. The number of pyridine rings is 1.